The topological polar surface area (TPSA) is 70.7 Å². The highest BCUT2D eigenvalue weighted by Crippen LogP contribution is 2.27. The molecule has 0 saturated carbocycles. The van der Waals surface area contributed by atoms with Crippen molar-refractivity contribution in [2.75, 3.05) is 32.1 Å². The summed E-state index contributed by atoms with van der Waals surface area (Å²) in [7, 11) is 2.15. The van der Waals surface area contributed by atoms with Crippen molar-refractivity contribution in [3.05, 3.63) is 50.7 Å². The average molecular weight is 448 g/mol. The van der Waals surface area contributed by atoms with Gasteiger partial charge in [0.15, 0.2) is 0 Å². The third kappa shape index (κ3) is 4.39. The Morgan fingerprint density at radius 3 is 2.80 bits per heavy atom. The summed E-state index contributed by atoms with van der Waals surface area (Å²) >= 11 is 7.13. The number of ether oxygens (including phenoxy) is 1. The van der Waals surface area contributed by atoms with Crippen molar-refractivity contribution in [3.63, 3.8) is 0 Å². The second-order valence-electron chi connectivity index (χ2n) is 8.16. The number of hydrogen-bond donors (Lipinski definition) is 2. The lowest BCUT2D eigenvalue weighted by molar-refractivity contribution is -0.122. The van der Waals surface area contributed by atoms with Gasteiger partial charge in [-0.3, -0.25) is 9.59 Å². The Morgan fingerprint density at radius 2 is 2.10 bits per heavy atom. The molecule has 2 aromatic rings. The number of halogens is 1. The lowest BCUT2D eigenvalue weighted by Crippen LogP contribution is -2.57. The van der Waals surface area contributed by atoms with E-state index in [1.165, 1.54) is 22.5 Å². The Morgan fingerprint density at radius 1 is 1.27 bits per heavy atom. The van der Waals surface area contributed by atoms with E-state index in [9.17, 15) is 9.59 Å². The third-order valence-electron chi connectivity index (χ3n) is 6.07. The molecule has 30 heavy (non-hydrogen) atoms. The van der Waals surface area contributed by atoms with Crippen LogP contribution in [-0.4, -0.2) is 55.1 Å². The molecule has 1 unspecified atom stereocenters. The number of amides is 2. The predicted octanol–water partition coefficient (Wildman–Crippen LogP) is 3.35. The Labute approximate surface area is 185 Å². The Kier molecular flexibility index (Phi) is 6.16. The van der Waals surface area contributed by atoms with E-state index in [0.717, 1.165) is 25.1 Å². The maximum Gasteiger partial charge on any atom is 0.262 e. The first-order valence-electron chi connectivity index (χ1n) is 10.2. The van der Waals surface area contributed by atoms with Gasteiger partial charge >= 0.3 is 0 Å². The average Bonchev–Trinajstić information content (AvgIpc) is 3.34. The molecule has 2 aliphatic rings. The van der Waals surface area contributed by atoms with Crippen molar-refractivity contribution >= 4 is 40.4 Å². The number of anilines is 1. The third-order valence-corrected chi connectivity index (χ3v) is 7.30. The molecule has 8 heteroatoms. The van der Waals surface area contributed by atoms with Crippen LogP contribution in [0.15, 0.2) is 30.3 Å². The maximum absolute atomic E-state index is 13.2. The van der Waals surface area contributed by atoms with Crippen LogP contribution < -0.4 is 10.6 Å². The number of rotatable bonds is 4. The highest BCUT2D eigenvalue weighted by molar-refractivity contribution is 7.18. The molecule has 0 spiro atoms. The smallest absolute Gasteiger partial charge is 0.262 e. The number of fused-ring (bicyclic) bond motifs is 1. The zero-order valence-corrected chi connectivity index (χ0v) is 18.7. The van der Waals surface area contributed by atoms with Gasteiger partial charge in [-0.05, 0) is 62.2 Å². The molecule has 2 aliphatic heterocycles. The van der Waals surface area contributed by atoms with Crippen LogP contribution in [0.1, 0.15) is 34.1 Å². The van der Waals surface area contributed by atoms with Crippen LogP contribution in [0.2, 0.25) is 4.34 Å². The Hall–Kier alpha value is -1.93. The number of benzene rings is 1. The van der Waals surface area contributed by atoms with Gasteiger partial charge < -0.3 is 20.3 Å². The summed E-state index contributed by atoms with van der Waals surface area (Å²) in [6.07, 6.45) is 2.37. The molecule has 3 heterocycles. The van der Waals surface area contributed by atoms with Gasteiger partial charge in [-0.1, -0.05) is 17.7 Å². The number of nitrogens with one attached hydrogen (secondary N) is 2. The zero-order valence-electron chi connectivity index (χ0n) is 17.2. The molecule has 0 bridgehead atoms. The van der Waals surface area contributed by atoms with Gasteiger partial charge in [-0.25, -0.2) is 0 Å². The minimum Gasteiger partial charge on any atom is -0.378 e. The summed E-state index contributed by atoms with van der Waals surface area (Å²) in [5, 5.41) is 5.90. The lowest BCUT2D eigenvalue weighted by Gasteiger charge is -2.27. The summed E-state index contributed by atoms with van der Waals surface area (Å²) in [5.74, 6) is -0.568. The van der Waals surface area contributed by atoms with Crippen LogP contribution in [0.3, 0.4) is 0 Å². The van der Waals surface area contributed by atoms with E-state index >= 15 is 0 Å². The van der Waals surface area contributed by atoms with Crippen LogP contribution in [0.4, 0.5) is 5.69 Å². The molecule has 2 atom stereocenters. The van der Waals surface area contributed by atoms with E-state index in [2.05, 4.69) is 41.6 Å². The quantitative estimate of drug-likeness (QED) is 0.754. The highest BCUT2D eigenvalue weighted by Gasteiger charge is 2.44. The molecule has 1 aromatic carbocycles. The molecule has 160 valence electrons. The van der Waals surface area contributed by atoms with Crippen LogP contribution >= 0.6 is 22.9 Å². The van der Waals surface area contributed by atoms with E-state index in [1.807, 2.05) is 6.07 Å². The molecular weight excluding hydrogens is 422 g/mol. The maximum atomic E-state index is 13.2. The van der Waals surface area contributed by atoms with Gasteiger partial charge in [0.2, 0.25) is 0 Å². The molecule has 0 radical (unpaired) electrons. The van der Waals surface area contributed by atoms with E-state index in [4.69, 9.17) is 16.3 Å². The van der Waals surface area contributed by atoms with Crippen LogP contribution in [-0.2, 0) is 22.4 Å². The highest BCUT2D eigenvalue weighted by atomic mass is 35.5. The van der Waals surface area contributed by atoms with Crippen molar-refractivity contribution in [1.29, 1.82) is 0 Å². The molecule has 6 nitrogen and oxygen atoms in total. The lowest BCUT2D eigenvalue weighted by atomic mass is 9.96. The summed E-state index contributed by atoms with van der Waals surface area (Å²) in [5.41, 5.74) is 2.25. The number of likely N-dealkylation sites (N-methyl/N-ethyl adjacent to an activating group) is 1. The van der Waals surface area contributed by atoms with Gasteiger partial charge in [0.05, 0.1) is 15.8 Å². The summed E-state index contributed by atoms with van der Waals surface area (Å²) < 4.78 is 6.02. The van der Waals surface area contributed by atoms with Gasteiger partial charge in [0.25, 0.3) is 11.8 Å². The van der Waals surface area contributed by atoms with Crippen LogP contribution in [0.5, 0.6) is 0 Å². The predicted molar refractivity (Wildman–Crippen MR) is 120 cm³/mol. The van der Waals surface area contributed by atoms with Crippen molar-refractivity contribution in [2.24, 2.45) is 0 Å². The van der Waals surface area contributed by atoms with Gasteiger partial charge in [-0.15, -0.1) is 11.3 Å². The molecule has 0 aliphatic carbocycles. The minimum absolute atomic E-state index is 0.150. The standard InChI is InChI=1S/C22H26ClN3O3S/c1-14-11-15-3-4-17(12-16(15)7-9-26(14)2)24-21(28)22(8-10-29-13-22)25-20(27)18-5-6-19(23)30-18/h3-6,12,14H,7-11,13H2,1-2H3,(H,24,28)(H,25,27)/t14-,22?/m1/s1. The molecule has 2 N–H and O–H groups in total. The Balaban J connectivity index is 1.50. The summed E-state index contributed by atoms with van der Waals surface area (Å²) in [4.78, 5) is 28.7. The Bertz CT molecular complexity index is 955. The molecule has 4 rings (SSSR count). The molecule has 1 saturated heterocycles. The first kappa shape index (κ1) is 21.3. The molecule has 2 amide bonds. The van der Waals surface area contributed by atoms with Crippen molar-refractivity contribution in [2.45, 2.75) is 37.8 Å². The van der Waals surface area contributed by atoms with Crippen molar-refractivity contribution in [1.82, 2.24) is 10.2 Å². The van der Waals surface area contributed by atoms with E-state index in [-0.39, 0.29) is 18.4 Å². The number of carbonyl (C=O) groups is 2. The first-order chi connectivity index (χ1) is 14.4. The fourth-order valence-electron chi connectivity index (χ4n) is 3.99. The molecule has 1 aromatic heterocycles. The van der Waals surface area contributed by atoms with E-state index in [1.54, 1.807) is 12.1 Å². The number of nitrogens with zero attached hydrogens (tertiary/aromatic N) is 1. The van der Waals surface area contributed by atoms with Gasteiger partial charge in [0.1, 0.15) is 5.54 Å². The summed E-state index contributed by atoms with van der Waals surface area (Å²) in [6, 6.07) is 9.93. The monoisotopic (exact) mass is 447 g/mol. The summed E-state index contributed by atoms with van der Waals surface area (Å²) in [6.45, 7) is 3.80. The van der Waals surface area contributed by atoms with E-state index in [0.29, 0.717) is 28.3 Å². The van der Waals surface area contributed by atoms with Crippen molar-refractivity contribution < 1.29 is 14.3 Å². The first-order valence-corrected chi connectivity index (χ1v) is 11.3. The number of hydrogen-bond acceptors (Lipinski definition) is 5. The van der Waals surface area contributed by atoms with Crippen LogP contribution in [0.25, 0.3) is 0 Å². The zero-order chi connectivity index (χ0) is 21.3. The van der Waals surface area contributed by atoms with Gasteiger partial charge in [-0.2, -0.15) is 0 Å². The number of thiophene rings is 1. The largest absolute Gasteiger partial charge is 0.378 e. The normalized spacial score (nSPS) is 24.2. The SMILES string of the molecule is C[C@@H]1Cc2ccc(NC(=O)C3(NC(=O)c4ccc(Cl)s4)CCOC3)cc2CCN1C. The van der Waals surface area contributed by atoms with Gasteiger partial charge in [0, 0.05) is 31.3 Å². The number of carbonyl (C=O) groups excluding carboxylic acids is 2. The van der Waals surface area contributed by atoms with E-state index < -0.39 is 5.54 Å². The second kappa shape index (κ2) is 8.67. The molecule has 1 fully saturated rings. The second-order valence-corrected chi connectivity index (χ2v) is 9.88. The minimum atomic E-state index is -1.09. The fraction of sp³-hybridized carbons (Fsp3) is 0.455. The molecular formula is C22H26ClN3O3S. The van der Waals surface area contributed by atoms with Crippen molar-refractivity contribution in [3.8, 4) is 0 Å². The van der Waals surface area contributed by atoms with Crippen LogP contribution in [0, 0.1) is 0 Å². The fourth-order valence-corrected chi connectivity index (χ4v) is 4.93.